The molecule has 0 radical (unpaired) electrons. The molecule has 1 N–H and O–H groups in total. The smallest absolute Gasteiger partial charge is 0.307 e. The first-order chi connectivity index (χ1) is 12.6. The second-order valence-electron chi connectivity index (χ2n) is 6.48. The third-order valence-electron chi connectivity index (χ3n) is 4.73. The SMILES string of the molecule is CCOc1ccc(Br)cc1C(c1cccnc1)N1CCCC(C(=O)O)C1. The van der Waals surface area contributed by atoms with Crippen LogP contribution < -0.4 is 4.74 Å². The van der Waals surface area contributed by atoms with E-state index in [1.54, 1.807) is 6.20 Å². The fourth-order valence-electron chi connectivity index (χ4n) is 3.59. The normalized spacial score (nSPS) is 19.1. The number of nitrogens with zero attached hydrogens (tertiary/aromatic N) is 2. The largest absolute Gasteiger partial charge is 0.494 e. The van der Waals surface area contributed by atoms with Crippen molar-refractivity contribution in [1.82, 2.24) is 9.88 Å². The number of rotatable bonds is 6. The van der Waals surface area contributed by atoms with E-state index in [4.69, 9.17) is 4.74 Å². The van der Waals surface area contributed by atoms with E-state index in [1.807, 2.05) is 37.4 Å². The van der Waals surface area contributed by atoms with Gasteiger partial charge in [-0.2, -0.15) is 0 Å². The predicted molar refractivity (Wildman–Crippen MR) is 103 cm³/mol. The molecule has 3 rings (SSSR count). The molecule has 0 amide bonds. The lowest BCUT2D eigenvalue weighted by atomic mass is 9.91. The van der Waals surface area contributed by atoms with E-state index in [0.29, 0.717) is 13.2 Å². The first-order valence-corrected chi connectivity index (χ1v) is 9.68. The standard InChI is InChI=1S/C20H23BrN2O3/c1-2-26-18-8-7-16(21)11-17(18)19(14-5-3-9-22-12-14)23-10-4-6-15(13-23)20(24)25/h3,5,7-9,11-12,15,19H,2,4,6,10,13H2,1H3,(H,24,25). The monoisotopic (exact) mass is 418 g/mol. The summed E-state index contributed by atoms with van der Waals surface area (Å²) in [6, 6.07) is 9.85. The highest BCUT2D eigenvalue weighted by Gasteiger charge is 2.32. The van der Waals surface area contributed by atoms with E-state index in [0.717, 1.165) is 40.7 Å². The molecule has 1 aromatic heterocycles. The van der Waals surface area contributed by atoms with Crippen LogP contribution in [0.1, 0.15) is 36.9 Å². The molecule has 5 nitrogen and oxygen atoms in total. The van der Waals surface area contributed by atoms with E-state index < -0.39 is 5.97 Å². The summed E-state index contributed by atoms with van der Waals surface area (Å²) in [5.74, 6) is -0.244. The van der Waals surface area contributed by atoms with Gasteiger partial charge < -0.3 is 9.84 Å². The van der Waals surface area contributed by atoms with Gasteiger partial charge in [0.15, 0.2) is 0 Å². The number of hydrogen-bond acceptors (Lipinski definition) is 4. The minimum absolute atomic E-state index is 0.0927. The number of aliphatic carboxylic acids is 1. The van der Waals surface area contributed by atoms with Crippen LogP contribution in [0.5, 0.6) is 5.75 Å². The van der Waals surface area contributed by atoms with Gasteiger partial charge in [-0.3, -0.25) is 14.7 Å². The number of benzene rings is 1. The number of hydrogen-bond donors (Lipinski definition) is 1. The molecule has 2 unspecified atom stereocenters. The lowest BCUT2D eigenvalue weighted by Gasteiger charge is -2.38. The molecule has 1 fully saturated rings. The van der Waals surface area contributed by atoms with E-state index >= 15 is 0 Å². The molecule has 1 saturated heterocycles. The van der Waals surface area contributed by atoms with Gasteiger partial charge in [0.2, 0.25) is 0 Å². The molecule has 0 spiro atoms. The van der Waals surface area contributed by atoms with Crippen LogP contribution in [0.25, 0.3) is 0 Å². The van der Waals surface area contributed by atoms with Crippen molar-refractivity contribution in [3.8, 4) is 5.75 Å². The second-order valence-corrected chi connectivity index (χ2v) is 7.39. The van der Waals surface area contributed by atoms with Crippen molar-refractivity contribution < 1.29 is 14.6 Å². The molecule has 1 aliphatic rings. The number of aromatic nitrogens is 1. The second kappa shape index (κ2) is 8.64. The highest BCUT2D eigenvalue weighted by molar-refractivity contribution is 9.10. The molecular weight excluding hydrogens is 396 g/mol. The minimum atomic E-state index is -0.723. The predicted octanol–water partition coefficient (Wildman–Crippen LogP) is 4.13. The zero-order valence-electron chi connectivity index (χ0n) is 14.8. The van der Waals surface area contributed by atoms with Crippen molar-refractivity contribution in [2.24, 2.45) is 5.92 Å². The van der Waals surface area contributed by atoms with Gasteiger partial charge in [0.25, 0.3) is 0 Å². The molecule has 138 valence electrons. The van der Waals surface area contributed by atoms with E-state index in [9.17, 15) is 9.90 Å². The number of carboxylic acid groups (broad SMARTS) is 1. The maximum Gasteiger partial charge on any atom is 0.307 e. The number of pyridine rings is 1. The molecule has 0 aliphatic carbocycles. The number of carboxylic acids is 1. The molecule has 1 aromatic carbocycles. The van der Waals surface area contributed by atoms with Gasteiger partial charge in [-0.05, 0) is 56.1 Å². The Labute approximate surface area is 162 Å². The fourth-order valence-corrected chi connectivity index (χ4v) is 3.97. The number of halogens is 1. The Kier molecular flexibility index (Phi) is 6.27. The number of ether oxygens (including phenoxy) is 1. The molecule has 2 heterocycles. The Balaban J connectivity index is 2.05. The third-order valence-corrected chi connectivity index (χ3v) is 5.23. The molecule has 26 heavy (non-hydrogen) atoms. The molecule has 0 saturated carbocycles. The lowest BCUT2D eigenvalue weighted by molar-refractivity contribution is -0.143. The van der Waals surface area contributed by atoms with Crippen molar-refractivity contribution >= 4 is 21.9 Å². The first-order valence-electron chi connectivity index (χ1n) is 8.89. The van der Waals surface area contributed by atoms with Crippen LogP contribution in [0.2, 0.25) is 0 Å². The minimum Gasteiger partial charge on any atom is -0.494 e. The summed E-state index contributed by atoms with van der Waals surface area (Å²) in [6.07, 6.45) is 5.20. The summed E-state index contributed by atoms with van der Waals surface area (Å²) in [5.41, 5.74) is 2.07. The molecular formula is C20H23BrN2O3. The van der Waals surface area contributed by atoms with Crippen LogP contribution in [0.4, 0.5) is 0 Å². The molecule has 0 bridgehead atoms. The van der Waals surface area contributed by atoms with Gasteiger partial charge in [-0.15, -0.1) is 0 Å². The van der Waals surface area contributed by atoms with Crippen molar-refractivity contribution in [1.29, 1.82) is 0 Å². The van der Waals surface area contributed by atoms with Crippen molar-refractivity contribution in [2.75, 3.05) is 19.7 Å². The third kappa shape index (κ3) is 4.24. The summed E-state index contributed by atoms with van der Waals surface area (Å²) in [4.78, 5) is 18.1. The highest BCUT2D eigenvalue weighted by Crippen LogP contribution is 2.38. The van der Waals surface area contributed by atoms with Crippen LogP contribution in [0.15, 0.2) is 47.2 Å². The van der Waals surface area contributed by atoms with Gasteiger partial charge in [0.1, 0.15) is 5.75 Å². The van der Waals surface area contributed by atoms with Crippen LogP contribution in [0.3, 0.4) is 0 Å². The molecule has 2 atom stereocenters. The van der Waals surface area contributed by atoms with Gasteiger partial charge in [0.05, 0.1) is 18.6 Å². The van der Waals surface area contributed by atoms with Gasteiger partial charge in [-0.25, -0.2) is 0 Å². The Morgan fingerprint density at radius 1 is 1.46 bits per heavy atom. The lowest BCUT2D eigenvalue weighted by Crippen LogP contribution is -2.41. The van der Waals surface area contributed by atoms with Gasteiger partial charge in [-0.1, -0.05) is 22.0 Å². The zero-order valence-corrected chi connectivity index (χ0v) is 16.4. The van der Waals surface area contributed by atoms with Crippen molar-refractivity contribution in [2.45, 2.75) is 25.8 Å². The van der Waals surface area contributed by atoms with Crippen molar-refractivity contribution in [3.63, 3.8) is 0 Å². The van der Waals surface area contributed by atoms with Crippen LogP contribution in [0, 0.1) is 5.92 Å². The Morgan fingerprint density at radius 2 is 2.31 bits per heavy atom. The number of likely N-dealkylation sites (tertiary alicyclic amines) is 1. The summed E-state index contributed by atoms with van der Waals surface area (Å²) in [7, 11) is 0. The highest BCUT2D eigenvalue weighted by atomic mass is 79.9. The maximum atomic E-state index is 11.5. The van der Waals surface area contributed by atoms with E-state index in [2.05, 4.69) is 31.9 Å². The van der Waals surface area contributed by atoms with Crippen LogP contribution >= 0.6 is 15.9 Å². The zero-order chi connectivity index (χ0) is 18.5. The molecule has 1 aliphatic heterocycles. The quantitative estimate of drug-likeness (QED) is 0.763. The number of carbonyl (C=O) groups is 1. The maximum absolute atomic E-state index is 11.5. The molecule has 6 heteroatoms. The Morgan fingerprint density at radius 3 is 3.00 bits per heavy atom. The number of piperidine rings is 1. The summed E-state index contributed by atoms with van der Waals surface area (Å²) < 4.78 is 6.84. The average molecular weight is 419 g/mol. The Hall–Kier alpha value is -1.92. The van der Waals surface area contributed by atoms with Crippen LogP contribution in [-0.2, 0) is 4.79 Å². The molecule has 2 aromatic rings. The topological polar surface area (TPSA) is 62.7 Å². The summed E-state index contributed by atoms with van der Waals surface area (Å²) in [5, 5.41) is 9.49. The van der Waals surface area contributed by atoms with E-state index in [-0.39, 0.29) is 12.0 Å². The summed E-state index contributed by atoms with van der Waals surface area (Å²) >= 11 is 3.56. The summed E-state index contributed by atoms with van der Waals surface area (Å²) in [6.45, 7) is 3.91. The van der Waals surface area contributed by atoms with Gasteiger partial charge in [0, 0.05) is 29.0 Å². The van der Waals surface area contributed by atoms with Crippen molar-refractivity contribution in [3.05, 3.63) is 58.3 Å². The first kappa shape index (κ1) is 18.9. The fraction of sp³-hybridized carbons (Fsp3) is 0.400. The van der Waals surface area contributed by atoms with Gasteiger partial charge >= 0.3 is 5.97 Å². The average Bonchev–Trinajstić information content (AvgIpc) is 2.65. The van der Waals surface area contributed by atoms with E-state index in [1.165, 1.54) is 0 Å². The van der Waals surface area contributed by atoms with Crippen LogP contribution in [-0.4, -0.2) is 40.7 Å². The Bertz CT molecular complexity index is 754.